The molecule has 142 valence electrons. The summed E-state index contributed by atoms with van der Waals surface area (Å²) in [6.45, 7) is 1.46. The van der Waals surface area contributed by atoms with Crippen LogP contribution in [0.1, 0.15) is 13.0 Å². The van der Waals surface area contributed by atoms with Gasteiger partial charge in [0.2, 0.25) is 0 Å². The van der Waals surface area contributed by atoms with E-state index in [1.807, 2.05) is 41.1 Å². The minimum atomic E-state index is -0.576. The van der Waals surface area contributed by atoms with Crippen molar-refractivity contribution in [1.29, 1.82) is 0 Å². The summed E-state index contributed by atoms with van der Waals surface area (Å²) in [6, 6.07) is 11.7. The van der Waals surface area contributed by atoms with Crippen molar-refractivity contribution in [3.05, 3.63) is 58.1 Å². The molecule has 2 N–H and O–H groups in total. The van der Waals surface area contributed by atoms with Crippen molar-refractivity contribution in [3.8, 4) is 17.0 Å². The third-order valence-corrected chi connectivity index (χ3v) is 5.55. The SMILES string of the molecule is C.OC(CNCc1ccsc1)COc1cccc(-c2noc3ccsc23)c1. The molecule has 3 heterocycles. The summed E-state index contributed by atoms with van der Waals surface area (Å²) < 4.78 is 12.1. The van der Waals surface area contributed by atoms with E-state index in [0.29, 0.717) is 12.3 Å². The van der Waals surface area contributed by atoms with E-state index in [0.717, 1.165) is 28.1 Å². The fraction of sp³-hybridized carbons (Fsp3) is 0.250. The van der Waals surface area contributed by atoms with Crippen molar-refractivity contribution in [2.24, 2.45) is 0 Å². The molecule has 0 aliphatic rings. The lowest BCUT2D eigenvalue weighted by Gasteiger charge is -2.13. The van der Waals surface area contributed by atoms with E-state index in [-0.39, 0.29) is 14.0 Å². The smallest absolute Gasteiger partial charge is 0.178 e. The Labute approximate surface area is 166 Å². The highest BCUT2D eigenvalue weighted by Gasteiger charge is 2.12. The highest BCUT2D eigenvalue weighted by atomic mass is 32.1. The van der Waals surface area contributed by atoms with Gasteiger partial charge in [-0.05, 0) is 46.0 Å². The number of thiophene rings is 2. The van der Waals surface area contributed by atoms with Gasteiger partial charge in [-0.1, -0.05) is 24.7 Å². The summed E-state index contributed by atoms with van der Waals surface area (Å²) in [5.74, 6) is 0.701. The molecule has 0 fully saturated rings. The number of ether oxygens (including phenoxy) is 1. The van der Waals surface area contributed by atoms with Crippen LogP contribution < -0.4 is 10.1 Å². The van der Waals surface area contributed by atoms with E-state index in [1.54, 1.807) is 22.7 Å². The zero-order valence-corrected chi connectivity index (χ0v) is 15.6. The lowest BCUT2D eigenvalue weighted by molar-refractivity contribution is 0.106. The Hall–Kier alpha value is -2.19. The molecule has 1 unspecified atom stereocenters. The van der Waals surface area contributed by atoms with E-state index >= 15 is 0 Å². The second-order valence-corrected chi connectivity index (χ2v) is 7.60. The first-order chi connectivity index (χ1) is 12.8. The summed E-state index contributed by atoms with van der Waals surface area (Å²) in [6.07, 6.45) is -0.576. The van der Waals surface area contributed by atoms with E-state index in [9.17, 15) is 5.11 Å². The van der Waals surface area contributed by atoms with Crippen LogP contribution in [0.2, 0.25) is 0 Å². The molecule has 5 nitrogen and oxygen atoms in total. The molecular formula is C20H22N2O3S2. The van der Waals surface area contributed by atoms with E-state index in [4.69, 9.17) is 9.26 Å². The molecule has 0 bridgehead atoms. The van der Waals surface area contributed by atoms with Gasteiger partial charge >= 0.3 is 0 Å². The van der Waals surface area contributed by atoms with Crippen LogP contribution in [-0.2, 0) is 6.54 Å². The maximum absolute atomic E-state index is 10.1. The van der Waals surface area contributed by atoms with Crippen molar-refractivity contribution < 1.29 is 14.4 Å². The first kappa shape index (κ1) is 19.6. The summed E-state index contributed by atoms with van der Waals surface area (Å²) >= 11 is 3.27. The fourth-order valence-electron chi connectivity index (χ4n) is 2.62. The Morgan fingerprint density at radius 2 is 2.15 bits per heavy atom. The van der Waals surface area contributed by atoms with Crippen molar-refractivity contribution in [2.45, 2.75) is 20.1 Å². The Bertz CT molecular complexity index is 963. The van der Waals surface area contributed by atoms with Crippen LogP contribution in [0.15, 0.2) is 57.1 Å². The zero-order valence-electron chi connectivity index (χ0n) is 13.9. The number of aliphatic hydroxyl groups excluding tert-OH is 1. The Balaban J connectivity index is 0.00000210. The number of aromatic nitrogens is 1. The van der Waals surface area contributed by atoms with Gasteiger partial charge < -0.3 is 19.7 Å². The third kappa shape index (κ3) is 4.75. The largest absolute Gasteiger partial charge is 0.491 e. The Morgan fingerprint density at radius 1 is 1.22 bits per heavy atom. The molecule has 0 radical (unpaired) electrons. The van der Waals surface area contributed by atoms with E-state index in [1.165, 1.54) is 5.56 Å². The normalized spacial score (nSPS) is 12.0. The molecule has 0 spiro atoms. The summed E-state index contributed by atoms with van der Waals surface area (Å²) in [5, 5.41) is 23.6. The molecule has 4 rings (SSSR count). The van der Waals surface area contributed by atoms with E-state index in [2.05, 4.69) is 21.9 Å². The molecule has 7 heteroatoms. The third-order valence-electron chi connectivity index (χ3n) is 3.92. The van der Waals surface area contributed by atoms with Gasteiger partial charge in [0.15, 0.2) is 5.58 Å². The standard InChI is InChI=1S/C19H18N2O3S2.CH4/c22-15(10-20-9-13-4-6-25-12-13)11-23-16-3-1-2-14(8-16)18-19-17(24-21-18)5-7-26-19;/h1-8,12,15,20,22H,9-11H2;1H4. The topological polar surface area (TPSA) is 67.5 Å². The Morgan fingerprint density at radius 3 is 3.00 bits per heavy atom. The average molecular weight is 403 g/mol. The first-order valence-corrected chi connectivity index (χ1v) is 10.1. The molecule has 27 heavy (non-hydrogen) atoms. The molecule has 0 aliphatic carbocycles. The van der Waals surface area contributed by atoms with Gasteiger partial charge in [-0.15, -0.1) is 11.3 Å². The number of fused-ring (bicyclic) bond motifs is 1. The van der Waals surface area contributed by atoms with Crippen molar-refractivity contribution in [1.82, 2.24) is 10.5 Å². The molecule has 1 aromatic carbocycles. The minimum absolute atomic E-state index is 0. The zero-order chi connectivity index (χ0) is 17.8. The van der Waals surface area contributed by atoms with Crippen LogP contribution >= 0.6 is 22.7 Å². The van der Waals surface area contributed by atoms with Crippen LogP contribution in [0, 0.1) is 0 Å². The van der Waals surface area contributed by atoms with Gasteiger partial charge in [0.1, 0.15) is 28.9 Å². The van der Waals surface area contributed by atoms with Crippen LogP contribution in [0.5, 0.6) is 5.75 Å². The molecule has 0 saturated heterocycles. The number of nitrogens with zero attached hydrogens (tertiary/aromatic N) is 1. The van der Waals surface area contributed by atoms with Crippen molar-refractivity contribution >= 4 is 33.0 Å². The van der Waals surface area contributed by atoms with Crippen LogP contribution in [0.4, 0.5) is 0 Å². The molecule has 4 aromatic rings. The van der Waals surface area contributed by atoms with Gasteiger partial charge in [0.05, 0.1) is 0 Å². The highest BCUT2D eigenvalue weighted by molar-refractivity contribution is 7.17. The molecule has 0 saturated carbocycles. The lowest BCUT2D eigenvalue weighted by atomic mass is 10.1. The number of benzene rings is 1. The average Bonchev–Trinajstić information content (AvgIpc) is 3.38. The van der Waals surface area contributed by atoms with E-state index < -0.39 is 6.10 Å². The maximum atomic E-state index is 10.1. The second kappa shape index (κ2) is 9.14. The molecule has 3 aromatic heterocycles. The summed E-state index contributed by atoms with van der Waals surface area (Å²) in [5.41, 5.74) is 3.78. The monoisotopic (exact) mass is 402 g/mol. The number of nitrogens with one attached hydrogen (secondary N) is 1. The highest BCUT2D eigenvalue weighted by Crippen LogP contribution is 2.33. The molecular weight excluding hydrogens is 380 g/mol. The van der Waals surface area contributed by atoms with Crippen molar-refractivity contribution in [3.63, 3.8) is 0 Å². The van der Waals surface area contributed by atoms with Crippen molar-refractivity contribution in [2.75, 3.05) is 13.2 Å². The van der Waals surface area contributed by atoms with Crippen LogP contribution in [0.3, 0.4) is 0 Å². The number of rotatable bonds is 8. The fourth-order valence-corrected chi connectivity index (χ4v) is 4.11. The quantitative estimate of drug-likeness (QED) is 0.444. The minimum Gasteiger partial charge on any atom is -0.491 e. The van der Waals surface area contributed by atoms with Gasteiger partial charge in [-0.2, -0.15) is 11.3 Å². The van der Waals surface area contributed by atoms with Gasteiger partial charge in [-0.3, -0.25) is 0 Å². The molecule has 0 aliphatic heterocycles. The van der Waals surface area contributed by atoms with Gasteiger partial charge in [-0.25, -0.2) is 0 Å². The maximum Gasteiger partial charge on any atom is 0.178 e. The number of hydrogen-bond donors (Lipinski definition) is 2. The Kier molecular flexibility index (Phi) is 6.63. The first-order valence-electron chi connectivity index (χ1n) is 8.25. The molecule has 0 amide bonds. The molecule has 1 atom stereocenters. The lowest BCUT2D eigenvalue weighted by Crippen LogP contribution is -2.31. The summed E-state index contributed by atoms with van der Waals surface area (Å²) in [4.78, 5) is 0. The summed E-state index contributed by atoms with van der Waals surface area (Å²) in [7, 11) is 0. The second-order valence-electron chi connectivity index (χ2n) is 5.90. The predicted octanol–water partition coefficient (Wildman–Crippen LogP) is 4.78. The van der Waals surface area contributed by atoms with Gasteiger partial charge in [0, 0.05) is 18.7 Å². The van der Waals surface area contributed by atoms with Crippen LogP contribution in [0.25, 0.3) is 21.5 Å². The number of hydrogen-bond acceptors (Lipinski definition) is 7. The predicted molar refractivity (Wildman–Crippen MR) is 112 cm³/mol. The number of aliphatic hydroxyl groups is 1. The van der Waals surface area contributed by atoms with Gasteiger partial charge in [0.25, 0.3) is 0 Å². The van der Waals surface area contributed by atoms with Crippen LogP contribution in [-0.4, -0.2) is 29.5 Å².